The van der Waals surface area contributed by atoms with E-state index >= 15 is 0 Å². The summed E-state index contributed by atoms with van der Waals surface area (Å²) in [6, 6.07) is 9.34. The predicted octanol–water partition coefficient (Wildman–Crippen LogP) is 6.57. The van der Waals surface area contributed by atoms with Crippen molar-refractivity contribution in [1.82, 2.24) is 0 Å². The zero-order valence-electron chi connectivity index (χ0n) is 13.4. The molecule has 0 heterocycles. The van der Waals surface area contributed by atoms with Crippen LogP contribution in [0, 0.1) is 5.92 Å². The standard InChI is InChI=1S/C20H29F/c1-2-3-6-17-8-12-19(13-9-17)20-14-10-18(11-15-20)7-4-5-16-21/h5,8-9,12-13,16,18,20H,2-4,6-7,10-11,14-15H2,1H3/b16-5+. The van der Waals surface area contributed by atoms with E-state index in [4.69, 9.17) is 0 Å². The summed E-state index contributed by atoms with van der Waals surface area (Å²) < 4.78 is 12.0. The fraction of sp³-hybridized carbons (Fsp3) is 0.600. The molecule has 0 aromatic heterocycles. The Balaban J connectivity index is 1.79. The van der Waals surface area contributed by atoms with Gasteiger partial charge in [0.25, 0.3) is 0 Å². The van der Waals surface area contributed by atoms with Gasteiger partial charge in [0.05, 0.1) is 6.33 Å². The van der Waals surface area contributed by atoms with Crippen molar-refractivity contribution in [1.29, 1.82) is 0 Å². The molecule has 1 aliphatic carbocycles. The minimum absolute atomic E-state index is 0.686. The van der Waals surface area contributed by atoms with Crippen LogP contribution in [0.25, 0.3) is 0 Å². The van der Waals surface area contributed by atoms with Gasteiger partial charge in [-0.05, 0) is 74.3 Å². The molecule has 1 aromatic carbocycles. The van der Waals surface area contributed by atoms with Crippen molar-refractivity contribution in [3.8, 4) is 0 Å². The Morgan fingerprint density at radius 2 is 1.81 bits per heavy atom. The van der Waals surface area contributed by atoms with Crippen molar-refractivity contribution in [2.24, 2.45) is 5.92 Å². The van der Waals surface area contributed by atoms with E-state index < -0.39 is 0 Å². The van der Waals surface area contributed by atoms with Crippen molar-refractivity contribution in [2.75, 3.05) is 0 Å². The van der Waals surface area contributed by atoms with Gasteiger partial charge in [-0.1, -0.05) is 43.7 Å². The maximum absolute atomic E-state index is 12.0. The number of aryl methyl sites for hydroxylation is 1. The summed E-state index contributed by atoms with van der Waals surface area (Å²) in [4.78, 5) is 0. The van der Waals surface area contributed by atoms with Crippen LogP contribution >= 0.6 is 0 Å². The van der Waals surface area contributed by atoms with Gasteiger partial charge in [0, 0.05) is 0 Å². The fourth-order valence-corrected chi connectivity index (χ4v) is 3.52. The first-order valence-electron chi connectivity index (χ1n) is 8.67. The Morgan fingerprint density at radius 1 is 1.10 bits per heavy atom. The smallest absolute Gasteiger partial charge is 0.0827 e. The van der Waals surface area contributed by atoms with Crippen LogP contribution in [0.1, 0.15) is 75.3 Å². The molecule has 0 radical (unpaired) electrons. The molecule has 0 nitrogen and oxygen atoms in total. The molecule has 0 aliphatic heterocycles. The van der Waals surface area contributed by atoms with Crippen LogP contribution in [0.4, 0.5) is 4.39 Å². The van der Waals surface area contributed by atoms with E-state index in [1.807, 2.05) is 0 Å². The number of hydrogen-bond acceptors (Lipinski definition) is 0. The molecule has 0 unspecified atom stereocenters. The van der Waals surface area contributed by atoms with Crippen molar-refractivity contribution in [3.05, 3.63) is 47.8 Å². The Kier molecular flexibility index (Phi) is 6.99. The van der Waals surface area contributed by atoms with E-state index in [9.17, 15) is 4.39 Å². The van der Waals surface area contributed by atoms with E-state index in [1.54, 1.807) is 6.08 Å². The molecule has 0 amide bonds. The van der Waals surface area contributed by atoms with Gasteiger partial charge in [-0.15, -0.1) is 0 Å². The second-order valence-corrected chi connectivity index (χ2v) is 6.50. The van der Waals surface area contributed by atoms with Crippen LogP contribution in [0.2, 0.25) is 0 Å². The minimum atomic E-state index is 0.686. The third kappa shape index (κ3) is 5.30. The van der Waals surface area contributed by atoms with E-state index in [2.05, 4.69) is 31.2 Å². The van der Waals surface area contributed by atoms with Crippen molar-refractivity contribution in [3.63, 3.8) is 0 Å². The van der Waals surface area contributed by atoms with Crippen molar-refractivity contribution in [2.45, 2.75) is 70.6 Å². The molecule has 1 aliphatic rings. The highest BCUT2D eigenvalue weighted by Gasteiger charge is 2.21. The molecular weight excluding hydrogens is 259 g/mol. The third-order valence-electron chi connectivity index (χ3n) is 4.95. The maximum Gasteiger partial charge on any atom is 0.0827 e. The van der Waals surface area contributed by atoms with Crippen LogP contribution in [-0.2, 0) is 6.42 Å². The largest absolute Gasteiger partial charge is 0.216 e. The summed E-state index contributed by atoms with van der Waals surface area (Å²) in [5.41, 5.74) is 3.00. The average Bonchev–Trinajstić information content (AvgIpc) is 2.54. The number of halogens is 1. The summed E-state index contributed by atoms with van der Waals surface area (Å²) in [5, 5.41) is 0. The number of rotatable bonds is 7. The first-order valence-corrected chi connectivity index (χ1v) is 8.67. The maximum atomic E-state index is 12.0. The molecular formula is C20H29F. The SMILES string of the molecule is CCCCc1ccc(C2CCC(CC/C=C/F)CC2)cc1. The molecule has 1 heteroatoms. The predicted molar refractivity (Wildman–Crippen MR) is 89.2 cm³/mol. The van der Waals surface area contributed by atoms with Gasteiger partial charge < -0.3 is 0 Å². The molecule has 116 valence electrons. The molecule has 0 bridgehead atoms. The minimum Gasteiger partial charge on any atom is -0.216 e. The van der Waals surface area contributed by atoms with Gasteiger partial charge >= 0.3 is 0 Å². The molecule has 21 heavy (non-hydrogen) atoms. The van der Waals surface area contributed by atoms with Gasteiger partial charge in [-0.2, -0.15) is 0 Å². The molecule has 0 spiro atoms. The highest BCUT2D eigenvalue weighted by atomic mass is 19.1. The summed E-state index contributed by atoms with van der Waals surface area (Å²) in [5.74, 6) is 1.56. The number of allylic oxidation sites excluding steroid dienone is 1. The summed E-state index contributed by atoms with van der Waals surface area (Å²) in [6.45, 7) is 2.25. The van der Waals surface area contributed by atoms with Crippen molar-refractivity contribution < 1.29 is 4.39 Å². The molecule has 2 rings (SSSR count). The Labute approximate surface area is 129 Å². The summed E-state index contributed by atoms with van der Waals surface area (Å²) >= 11 is 0. The Bertz CT molecular complexity index is 410. The Hall–Kier alpha value is -1.11. The fourth-order valence-electron chi connectivity index (χ4n) is 3.52. The van der Waals surface area contributed by atoms with E-state index in [0.29, 0.717) is 6.33 Å². The van der Waals surface area contributed by atoms with Gasteiger partial charge in [0.15, 0.2) is 0 Å². The van der Waals surface area contributed by atoms with E-state index in [-0.39, 0.29) is 0 Å². The number of unbranched alkanes of at least 4 members (excludes halogenated alkanes) is 1. The van der Waals surface area contributed by atoms with Gasteiger partial charge in [0.1, 0.15) is 0 Å². The monoisotopic (exact) mass is 288 g/mol. The highest BCUT2D eigenvalue weighted by molar-refractivity contribution is 5.25. The topological polar surface area (TPSA) is 0 Å². The highest BCUT2D eigenvalue weighted by Crippen LogP contribution is 2.37. The number of hydrogen-bond donors (Lipinski definition) is 0. The van der Waals surface area contributed by atoms with Gasteiger partial charge in [-0.3, -0.25) is 0 Å². The molecule has 0 saturated heterocycles. The zero-order valence-corrected chi connectivity index (χ0v) is 13.4. The average molecular weight is 288 g/mol. The van der Waals surface area contributed by atoms with Gasteiger partial charge in [0.2, 0.25) is 0 Å². The molecule has 1 fully saturated rings. The van der Waals surface area contributed by atoms with Crippen LogP contribution in [0.5, 0.6) is 0 Å². The molecule has 0 N–H and O–H groups in total. The van der Waals surface area contributed by atoms with Crippen LogP contribution in [0.15, 0.2) is 36.7 Å². The number of benzene rings is 1. The second kappa shape index (κ2) is 9.02. The summed E-state index contributed by atoms with van der Waals surface area (Å²) in [7, 11) is 0. The summed E-state index contributed by atoms with van der Waals surface area (Å²) in [6.07, 6.45) is 13.4. The first kappa shape index (κ1) is 16.3. The Morgan fingerprint density at radius 3 is 2.43 bits per heavy atom. The quantitative estimate of drug-likeness (QED) is 0.532. The van der Waals surface area contributed by atoms with Gasteiger partial charge in [-0.25, -0.2) is 4.39 Å². The van der Waals surface area contributed by atoms with E-state index in [1.165, 1.54) is 56.1 Å². The lowest BCUT2D eigenvalue weighted by Crippen LogP contribution is -2.13. The van der Waals surface area contributed by atoms with Crippen LogP contribution < -0.4 is 0 Å². The lowest BCUT2D eigenvalue weighted by atomic mass is 9.77. The van der Waals surface area contributed by atoms with E-state index in [0.717, 1.165) is 24.7 Å². The zero-order chi connectivity index (χ0) is 14.9. The second-order valence-electron chi connectivity index (χ2n) is 6.50. The molecule has 1 saturated carbocycles. The normalized spacial score (nSPS) is 22.8. The van der Waals surface area contributed by atoms with Crippen molar-refractivity contribution >= 4 is 0 Å². The van der Waals surface area contributed by atoms with Crippen LogP contribution in [-0.4, -0.2) is 0 Å². The first-order chi connectivity index (χ1) is 10.3. The molecule has 1 aromatic rings. The third-order valence-corrected chi connectivity index (χ3v) is 4.95. The van der Waals surface area contributed by atoms with Crippen LogP contribution in [0.3, 0.4) is 0 Å². The lowest BCUT2D eigenvalue weighted by Gasteiger charge is -2.28. The molecule has 0 atom stereocenters. The lowest BCUT2D eigenvalue weighted by molar-refractivity contribution is 0.311.